The van der Waals surface area contributed by atoms with Gasteiger partial charge in [-0.2, -0.15) is 0 Å². The van der Waals surface area contributed by atoms with Gasteiger partial charge in [-0.1, -0.05) is 0 Å². The molecule has 0 radical (unpaired) electrons. The summed E-state index contributed by atoms with van der Waals surface area (Å²) < 4.78 is 0. The molecule has 0 saturated heterocycles. The predicted octanol–water partition coefficient (Wildman–Crippen LogP) is 2.30. The van der Waals surface area contributed by atoms with Crippen LogP contribution in [0.5, 0.6) is 0 Å². The van der Waals surface area contributed by atoms with Crippen LogP contribution in [0.15, 0.2) is 18.2 Å². The molecular formula is C12H12N4O2. The van der Waals surface area contributed by atoms with Crippen LogP contribution in [0.4, 0.5) is 11.6 Å². The topological polar surface area (TPSA) is 83.8 Å². The van der Waals surface area contributed by atoms with Crippen LogP contribution in [-0.4, -0.2) is 21.4 Å². The zero-order valence-electron chi connectivity index (χ0n) is 9.64. The molecule has 0 spiro atoms. The van der Waals surface area contributed by atoms with Crippen molar-refractivity contribution in [2.24, 2.45) is 0 Å². The van der Waals surface area contributed by atoms with Gasteiger partial charge in [0.25, 0.3) is 5.69 Å². The van der Waals surface area contributed by atoms with Gasteiger partial charge >= 0.3 is 0 Å². The first-order chi connectivity index (χ1) is 8.70. The number of rotatable bonds is 5. The number of fused-ring (bicyclic) bond motifs is 1. The van der Waals surface area contributed by atoms with Crippen molar-refractivity contribution in [3.05, 3.63) is 28.3 Å². The molecule has 0 aliphatic heterocycles. The minimum atomic E-state index is -0.430. The predicted molar refractivity (Wildman–Crippen MR) is 69.3 cm³/mol. The minimum absolute atomic E-state index is 0.0463. The van der Waals surface area contributed by atoms with Gasteiger partial charge in [-0.25, -0.2) is 4.98 Å². The van der Waals surface area contributed by atoms with Crippen LogP contribution in [0.25, 0.3) is 11.0 Å². The van der Waals surface area contributed by atoms with Crippen LogP contribution in [0, 0.1) is 22.5 Å². The molecule has 18 heavy (non-hydrogen) atoms. The normalized spacial score (nSPS) is 10.2. The zero-order chi connectivity index (χ0) is 13.0. The summed E-state index contributed by atoms with van der Waals surface area (Å²) in [6.07, 6.45) is 6.71. The molecule has 2 aromatic rings. The van der Waals surface area contributed by atoms with Crippen molar-refractivity contribution in [1.29, 1.82) is 0 Å². The van der Waals surface area contributed by atoms with Gasteiger partial charge in [0.2, 0.25) is 5.95 Å². The number of nitro groups is 1. The number of benzene rings is 1. The monoisotopic (exact) mass is 244 g/mol. The molecule has 6 nitrogen and oxygen atoms in total. The van der Waals surface area contributed by atoms with E-state index in [-0.39, 0.29) is 5.69 Å². The Kier molecular flexibility index (Phi) is 3.44. The molecule has 6 heteroatoms. The summed E-state index contributed by atoms with van der Waals surface area (Å²) in [6.45, 7) is 0.714. The first kappa shape index (κ1) is 11.9. The van der Waals surface area contributed by atoms with Crippen LogP contribution >= 0.6 is 0 Å². The molecule has 2 rings (SSSR count). The van der Waals surface area contributed by atoms with Crippen LogP contribution < -0.4 is 5.32 Å². The number of imidazole rings is 1. The van der Waals surface area contributed by atoms with E-state index < -0.39 is 4.92 Å². The average molecular weight is 244 g/mol. The van der Waals surface area contributed by atoms with Crippen LogP contribution in [0.1, 0.15) is 12.8 Å². The van der Waals surface area contributed by atoms with Crippen LogP contribution in [-0.2, 0) is 0 Å². The van der Waals surface area contributed by atoms with E-state index in [0.29, 0.717) is 29.9 Å². The SMILES string of the molecule is C#CCCCNc1nc2ccc([N+](=O)[O-])cc2[nH]1. The van der Waals surface area contributed by atoms with Gasteiger partial charge in [-0.15, -0.1) is 12.3 Å². The fourth-order valence-corrected chi connectivity index (χ4v) is 1.59. The Labute approximate surface area is 104 Å². The maximum atomic E-state index is 10.6. The molecule has 1 heterocycles. The third-order valence-corrected chi connectivity index (χ3v) is 2.47. The number of unbranched alkanes of at least 4 members (excludes halogenated alkanes) is 1. The lowest BCUT2D eigenvalue weighted by Gasteiger charge is -1.98. The van der Waals surface area contributed by atoms with Crippen LogP contribution in [0.2, 0.25) is 0 Å². The maximum absolute atomic E-state index is 10.6. The number of anilines is 1. The molecule has 0 amide bonds. The van der Waals surface area contributed by atoms with Gasteiger partial charge in [0, 0.05) is 25.1 Å². The lowest BCUT2D eigenvalue weighted by molar-refractivity contribution is -0.384. The van der Waals surface area contributed by atoms with E-state index in [4.69, 9.17) is 6.42 Å². The third kappa shape index (κ3) is 2.58. The summed E-state index contributed by atoms with van der Waals surface area (Å²) in [6, 6.07) is 4.52. The molecule has 92 valence electrons. The highest BCUT2D eigenvalue weighted by molar-refractivity contribution is 5.79. The second-order valence-electron chi connectivity index (χ2n) is 3.78. The van der Waals surface area contributed by atoms with Crippen molar-refractivity contribution >= 4 is 22.7 Å². The summed E-state index contributed by atoms with van der Waals surface area (Å²) in [7, 11) is 0. The van der Waals surface area contributed by atoms with Crippen molar-refractivity contribution in [2.75, 3.05) is 11.9 Å². The summed E-state index contributed by atoms with van der Waals surface area (Å²) in [5, 5.41) is 13.7. The maximum Gasteiger partial charge on any atom is 0.271 e. The number of aromatic amines is 1. The van der Waals surface area contributed by atoms with Crippen molar-refractivity contribution in [2.45, 2.75) is 12.8 Å². The Morgan fingerprint density at radius 2 is 2.39 bits per heavy atom. The Morgan fingerprint density at radius 1 is 1.56 bits per heavy atom. The van der Waals surface area contributed by atoms with E-state index >= 15 is 0 Å². The molecule has 1 aromatic heterocycles. The zero-order valence-corrected chi connectivity index (χ0v) is 9.64. The van der Waals surface area contributed by atoms with Gasteiger partial charge in [0.05, 0.1) is 16.0 Å². The van der Waals surface area contributed by atoms with Gasteiger partial charge in [-0.05, 0) is 12.5 Å². The molecular weight excluding hydrogens is 232 g/mol. The number of terminal acetylenes is 1. The van der Waals surface area contributed by atoms with Crippen LogP contribution in [0.3, 0.4) is 0 Å². The second kappa shape index (κ2) is 5.19. The molecule has 0 atom stereocenters. The van der Waals surface area contributed by atoms with E-state index in [0.717, 1.165) is 6.42 Å². The van der Waals surface area contributed by atoms with Crippen molar-refractivity contribution in [1.82, 2.24) is 9.97 Å². The number of nitro benzene ring substituents is 1. The first-order valence-electron chi connectivity index (χ1n) is 5.52. The number of hydrogen-bond donors (Lipinski definition) is 2. The number of nitrogens with one attached hydrogen (secondary N) is 2. The second-order valence-corrected chi connectivity index (χ2v) is 3.78. The Bertz CT molecular complexity index is 612. The van der Waals surface area contributed by atoms with Crippen molar-refractivity contribution in [3.63, 3.8) is 0 Å². The fourth-order valence-electron chi connectivity index (χ4n) is 1.59. The number of aromatic nitrogens is 2. The Morgan fingerprint density at radius 3 is 3.11 bits per heavy atom. The summed E-state index contributed by atoms with van der Waals surface area (Å²) >= 11 is 0. The molecule has 0 saturated carbocycles. The largest absolute Gasteiger partial charge is 0.356 e. The highest BCUT2D eigenvalue weighted by atomic mass is 16.6. The van der Waals surface area contributed by atoms with Gasteiger partial charge < -0.3 is 10.3 Å². The number of non-ortho nitro benzene ring substituents is 1. The van der Waals surface area contributed by atoms with E-state index in [1.165, 1.54) is 12.1 Å². The molecule has 0 fully saturated rings. The molecule has 0 unspecified atom stereocenters. The fraction of sp³-hybridized carbons (Fsp3) is 0.250. The molecule has 0 bridgehead atoms. The number of nitrogens with zero attached hydrogens (tertiary/aromatic N) is 2. The molecule has 0 aliphatic rings. The van der Waals surface area contributed by atoms with E-state index in [2.05, 4.69) is 21.2 Å². The number of H-pyrrole nitrogens is 1. The standard InChI is InChI=1S/C12H12N4O2/c1-2-3-4-7-13-12-14-10-6-5-9(16(17)18)8-11(10)15-12/h1,5-6,8H,3-4,7H2,(H2,13,14,15). The summed E-state index contributed by atoms with van der Waals surface area (Å²) in [5.41, 5.74) is 1.38. The Hall–Kier alpha value is -2.55. The van der Waals surface area contributed by atoms with Crippen molar-refractivity contribution < 1.29 is 4.92 Å². The molecule has 0 aliphatic carbocycles. The van der Waals surface area contributed by atoms with Crippen molar-refractivity contribution in [3.8, 4) is 12.3 Å². The molecule has 1 aromatic carbocycles. The number of hydrogen-bond acceptors (Lipinski definition) is 4. The van der Waals surface area contributed by atoms with E-state index in [1.807, 2.05) is 0 Å². The smallest absolute Gasteiger partial charge is 0.271 e. The average Bonchev–Trinajstić information content (AvgIpc) is 2.76. The van der Waals surface area contributed by atoms with E-state index in [9.17, 15) is 10.1 Å². The molecule has 2 N–H and O–H groups in total. The van der Waals surface area contributed by atoms with Gasteiger partial charge in [-0.3, -0.25) is 10.1 Å². The highest BCUT2D eigenvalue weighted by Crippen LogP contribution is 2.20. The summed E-state index contributed by atoms with van der Waals surface area (Å²) in [5.74, 6) is 3.15. The minimum Gasteiger partial charge on any atom is -0.356 e. The summed E-state index contributed by atoms with van der Waals surface area (Å²) in [4.78, 5) is 17.5. The third-order valence-electron chi connectivity index (χ3n) is 2.47. The van der Waals surface area contributed by atoms with Gasteiger partial charge in [0.1, 0.15) is 0 Å². The highest BCUT2D eigenvalue weighted by Gasteiger charge is 2.09. The lowest BCUT2D eigenvalue weighted by atomic mass is 10.3. The first-order valence-corrected chi connectivity index (χ1v) is 5.52. The Balaban J connectivity index is 2.12. The van der Waals surface area contributed by atoms with Gasteiger partial charge in [0.15, 0.2) is 0 Å². The van der Waals surface area contributed by atoms with E-state index in [1.54, 1.807) is 6.07 Å². The quantitative estimate of drug-likeness (QED) is 0.366. The lowest BCUT2D eigenvalue weighted by Crippen LogP contribution is -2.02.